The van der Waals surface area contributed by atoms with Crippen LogP contribution in [-0.4, -0.2) is 35.7 Å². The van der Waals surface area contributed by atoms with Crippen LogP contribution in [0.2, 0.25) is 0 Å². The summed E-state index contributed by atoms with van der Waals surface area (Å²) in [7, 11) is -0.160. The molecule has 2 heterocycles. The van der Waals surface area contributed by atoms with Crippen molar-refractivity contribution >= 4 is 13.3 Å². The Bertz CT molecular complexity index is 408. The number of hydrogen-bond donors (Lipinski definition) is 0. The van der Waals surface area contributed by atoms with Crippen molar-refractivity contribution in [3.05, 3.63) is 11.7 Å². The van der Waals surface area contributed by atoms with Gasteiger partial charge < -0.3 is 9.31 Å². The standard InChI is InChI=1S/C15H25BNO2/c1-12-15(2,3)19-16(18-12)13-10-17(11-13)14-8-6-4-5-7-9-14/h10-12,14H,4-9H2,1-3H3/q+1. The van der Waals surface area contributed by atoms with Crippen LogP contribution in [0.4, 0.5) is 0 Å². The second kappa shape index (κ2) is 5.06. The Hall–Kier alpha value is -0.605. The predicted octanol–water partition coefficient (Wildman–Crippen LogP) is 2.93. The molecule has 1 saturated heterocycles. The Morgan fingerprint density at radius 3 is 2.37 bits per heavy atom. The zero-order chi connectivity index (χ0) is 13.5. The van der Waals surface area contributed by atoms with Crippen molar-refractivity contribution in [1.82, 2.24) is 0 Å². The lowest BCUT2D eigenvalue weighted by Crippen LogP contribution is -2.36. The van der Waals surface area contributed by atoms with E-state index in [0.29, 0.717) is 6.04 Å². The van der Waals surface area contributed by atoms with E-state index in [4.69, 9.17) is 9.31 Å². The van der Waals surface area contributed by atoms with E-state index in [2.05, 4.69) is 37.8 Å². The van der Waals surface area contributed by atoms with Crippen molar-refractivity contribution in [1.29, 1.82) is 0 Å². The van der Waals surface area contributed by atoms with Crippen LogP contribution in [0, 0.1) is 0 Å². The minimum absolute atomic E-state index is 0.152. The summed E-state index contributed by atoms with van der Waals surface area (Å²) < 4.78 is 14.2. The van der Waals surface area contributed by atoms with Crippen molar-refractivity contribution in [2.45, 2.75) is 77.0 Å². The minimum atomic E-state index is -0.178. The Morgan fingerprint density at radius 2 is 1.84 bits per heavy atom. The molecule has 0 bridgehead atoms. The molecule has 0 amide bonds. The maximum Gasteiger partial charge on any atom is 0.507 e. The second-order valence-electron chi connectivity index (χ2n) is 6.68. The first-order valence-corrected chi connectivity index (χ1v) is 7.73. The molecular formula is C15H25BNO2+. The van der Waals surface area contributed by atoms with Crippen molar-refractivity contribution in [2.75, 3.05) is 0 Å². The summed E-state index contributed by atoms with van der Waals surface area (Å²) in [5, 5.41) is 0. The van der Waals surface area contributed by atoms with Crippen LogP contribution in [0.1, 0.15) is 59.3 Å². The van der Waals surface area contributed by atoms with Gasteiger partial charge >= 0.3 is 7.12 Å². The average Bonchev–Trinajstić information content (AvgIpc) is 2.52. The van der Waals surface area contributed by atoms with Gasteiger partial charge in [-0.25, -0.2) is 4.58 Å². The summed E-state index contributed by atoms with van der Waals surface area (Å²) in [6.07, 6.45) is 12.8. The summed E-state index contributed by atoms with van der Waals surface area (Å²) in [5.41, 5.74) is 1.02. The Labute approximate surface area is 116 Å². The molecule has 4 heteroatoms. The molecule has 0 N–H and O–H groups in total. The summed E-state index contributed by atoms with van der Waals surface area (Å²) >= 11 is 0. The maximum absolute atomic E-state index is 5.98. The molecule has 0 aromatic rings. The van der Waals surface area contributed by atoms with Crippen LogP contribution in [0.3, 0.4) is 0 Å². The van der Waals surface area contributed by atoms with Crippen molar-refractivity contribution in [3.63, 3.8) is 0 Å². The summed E-state index contributed by atoms with van der Waals surface area (Å²) in [6, 6.07) is 0.707. The number of rotatable bonds is 2. The Kier molecular flexibility index (Phi) is 3.56. The van der Waals surface area contributed by atoms with Crippen molar-refractivity contribution < 1.29 is 13.9 Å². The molecule has 0 aromatic carbocycles. The first-order chi connectivity index (χ1) is 9.06. The molecule has 1 unspecified atom stereocenters. The highest BCUT2D eigenvalue weighted by molar-refractivity contribution is 6.60. The van der Waals surface area contributed by atoms with E-state index >= 15 is 0 Å². The van der Waals surface area contributed by atoms with E-state index in [9.17, 15) is 0 Å². The van der Waals surface area contributed by atoms with Gasteiger partial charge in [-0.3, -0.25) is 0 Å². The maximum atomic E-state index is 5.98. The molecule has 2 fully saturated rings. The van der Waals surface area contributed by atoms with Gasteiger partial charge in [0, 0.05) is 12.8 Å². The van der Waals surface area contributed by atoms with Gasteiger partial charge in [0.15, 0.2) is 18.5 Å². The first kappa shape index (κ1) is 13.4. The highest BCUT2D eigenvalue weighted by atomic mass is 16.7. The lowest BCUT2D eigenvalue weighted by molar-refractivity contribution is -0.507. The zero-order valence-corrected chi connectivity index (χ0v) is 12.4. The number of nitrogens with zero attached hydrogens (tertiary/aromatic N) is 1. The fraction of sp³-hybridized carbons (Fsp3) is 0.800. The van der Waals surface area contributed by atoms with Crippen LogP contribution in [0.25, 0.3) is 0 Å². The molecule has 19 heavy (non-hydrogen) atoms. The first-order valence-electron chi connectivity index (χ1n) is 7.73. The van der Waals surface area contributed by atoms with Crippen LogP contribution >= 0.6 is 0 Å². The zero-order valence-electron chi connectivity index (χ0n) is 12.4. The van der Waals surface area contributed by atoms with Crippen LogP contribution in [0.15, 0.2) is 11.7 Å². The smallest absolute Gasteiger partial charge is 0.402 e. The monoisotopic (exact) mass is 262 g/mol. The van der Waals surface area contributed by atoms with Gasteiger partial charge in [0.25, 0.3) is 0 Å². The molecule has 0 spiro atoms. The normalized spacial score (nSPS) is 31.5. The number of allylic oxidation sites excluding steroid dienone is 1. The third-order valence-corrected chi connectivity index (χ3v) is 4.83. The van der Waals surface area contributed by atoms with Crippen LogP contribution in [-0.2, 0) is 9.31 Å². The molecule has 1 saturated carbocycles. The van der Waals surface area contributed by atoms with Gasteiger partial charge in [-0.2, -0.15) is 0 Å². The van der Waals surface area contributed by atoms with E-state index in [0.717, 1.165) is 0 Å². The fourth-order valence-electron chi connectivity index (χ4n) is 3.12. The van der Waals surface area contributed by atoms with Gasteiger partial charge in [-0.15, -0.1) is 0 Å². The third-order valence-electron chi connectivity index (χ3n) is 4.83. The van der Waals surface area contributed by atoms with Crippen LogP contribution < -0.4 is 0 Å². The largest absolute Gasteiger partial charge is 0.507 e. The highest BCUT2D eigenvalue weighted by Crippen LogP contribution is 2.31. The second-order valence-corrected chi connectivity index (χ2v) is 6.68. The van der Waals surface area contributed by atoms with Gasteiger partial charge in [0.05, 0.1) is 11.7 Å². The predicted molar refractivity (Wildman–Crippen MR) is 77.4 cm³/mol. The van der Waals surface area contributed by atoms with E-state index in [-0.39, 0.29) is 18.8 Å². The van der Waals surface area contributed by atoms with Crippen LogP contribution in [0.5, 0.6) is 0 Å². The van der Waals surface area contributed by atoms with Gasteiger partial charge in [-0.1, -0.05) is 12.8 Å². The lowest BCUT2D eigenvalue weighted by atomic mass is 9.77. The fourth-order valence-corrected chi connectivity index (χ4v) is 3.12. The van der Waals surface area contributed by atoms with Gasteiger partial charge in [0.1, 0.15) is 5.47 Å². The molecule has 2 aliphatic heterocycles. The summed E-state index contributed by atoms with van der Waals surface area (Å²) in [5.74, 6) is 0. The Balaban J connectivity index is 1.58. The molecule has 1 aliphatic carbocycles. The molecule has 3 nitrogen and oxygen atoms in total. The van der Waals surface area contributed by atoms with Crippen molar-refractivity contribution in [2.24, 2.45) is 0 Å². The lowest BCUT2D eigenvalue weighted by Gasteiger charge is -2.21. The highest BCUT2D eigenvalue weighted by Gasteiger charge is 2.48. The minimum Gasteiger partial charge on any atom is -0.402 e. The van der Waals surface area contributed by atoms with Gasteiger partial charge in [-0.05, 0) is 33.6 Å². The molecule has 0 radical (unpaired) electrons. The summed E-state index contributed by atoms with van der Waals surface area (Å²) in [6.45, 7) is 6.28. The summed E-state index contributed by atoms with van der Waals surface area (Å²) in [4.78, 5) is 0. The Morgan fingerprint density at radius 1 is 1.21 bits per heavy atom. The van der Waals surface area contributed by atoms with E-state index < -0.39 is 0 Å². The van der Waals surface area contributed by atoms with E-state index in [1.54, 1.807) is 0 Å². The number of hydrogen-bond acceptors (Lipinski definition) is 2. The molecule has 1 atom stereocenters. The van der Waals surface area contributed by atoms with Crippen molar-refractivity contribution in [3.8, 4) is 0 Å². The average molecular weight is 262 g/mol. The SMILES string of the molecule is CC1OB(C2=C[N+](C3CCCCCC3)=C2)OC1(C)C. The van der Waals surface area contributed by atoms with E-state index in [1.165, 1.54) is 44.0 Å². The molecular weight excluding hydrogens is 237 g/mol. The third kappa shape index (κ3) is 2.66. The molecule has 0 aromatic heterocycles. The van der Waals surface area contributed by atoms with E-state index in [1.807, 2.05) is 0 Å². The molecule has 3 rings (SSSR count). The van der Waals surface area contributed by atoms with Gasteiger partial charge in [0.2, 0.25) is 0 Å². The quantitative estimate of drug-likeness (QED) is 0.433. The topological polar surface area (TPSA) is 21.5 Å². The molecule has 3 aliphatic rings. The molecule has 104 valence electrons.